The summed E-state index contributed by atoms with van der Waals surface area (Å²) in [4.78, 5) is 0. The molecule has 92 valence electrons. The van der Waals surface area contributed by atoms with Crippen molar-refractivity contribution in [3.63, 3.8) is 0 Å². The predicted octanol–water partition coefficient (Wildman–Crippen LogP) is 4.35. The fourth-order valence-corrected chi connectivity index (χ4v) is 3.82. The molecule has 0 bridgehead atoms. The Morgan fingerprint density at radius 2 is 2.06 bits per heavy atom. The SMILES string of the molecule is CC.Cc1noc2c1CCC1=C2C=CP(C)C1. The summed E-state index contributed by atoms with van der Waals surface area (Å²) in [6, 6.07) is 0. The van der Waals surface area contributed by atoms with Crippen molar-refractivity contribution in [1.82, 2.24) is 5.16 Å². The van der Waals surface area contributed by atoms with Crippen LogP contribution in [0.5, 0.6) is 0 Å². The minimum Gasteiger partial charge on any atom is -0.356 e. The van der Waals surface area contributed by atoms with Crippen LogP contribution in [0.15, 0.2) is 22.0 Å². The Morgan fingerprint density at radius 3 is 2.82 bits per heavy atom. The zero-order valence-corrected chi connectivity index (χ0v) is 12.0. The largest absolute Gasteiger partial charge is 0.356 e. The molecule has 0 aromatic carbocycles. The summed E-state index contributed by atoms with van der Waals surface area (Å²) in [6.45, 7) is 8.36. The van der Waals surface area contributed by atoms with Crippen LogP contribution in [0.1, 0.15) is 37.3 Å². The predicted molar refractivity (Wildman–Crippen MR) is 74.7 cm³/mol. The van der Waals surface area contributed by atoms with Gasteiger partial charge in [-0.2, -0.15) is 0 Å². The van der Waals surface area contributed by atoms with Gasteiger partial charge in [0.15, 0.2) is 5.76 Å². The fraction of sp³-hybridized carbons (Fsp3) is 0.500. The molecule has 2 nitrogen and oxygen atoms in total. The van der Waals surface area contributed by atoms with Crippen molar-refractivity contribution in [2.45, 2.75) is 33.6 Å². The Kier molecular flexibility index (Phi) is 3.83. The monoisotopic (exact) mass is 249 g/mol. The first-order chi connectivity index (χ1) is 8.25. The maximum atomic E-state index is 5.44. The molecule has 1 unspecified atom stereocenters. The summed E-state index contributed by atoms with van der Waals surface area (Å²) in [6.07, 6.45) is 5.80. The average Bonchev–Trinajstić information content (AvgIpc) is 2.73. The van der Waals surface area contributed by atoms with Gasteiger partial charge in [0.25, 0.3) is 0 Å². The summed E-state index contributed by atoms with van der Waals surface area (Å²) >= 11 is 0. The molecule has 1 aliphatic heterocycles. The molecular weight excluding hydrogens is 229 g/mol. The van der Waals surface area contributed by atoms with Crippen LogP contribution in [0.2, 0.25) is 0 Å². The third kappa shape index (κ3) is 2.24. The molecule has 17 heavy (non-hydrogen) atoms. The summed E-state index contributed by atoms with van der Waals surface area (Å²) in [5.41, 5.74) is 5.28. The van der Waals surface area contributed by atoms with Gasteiger partial charge in [0, 0.05) is 11.1 Å². The molecule has 0 saturated heterocycles. The lowest BCUT2D eigenvalue weighted by atomic mass is 9.90. The molecule has 1 aliphatic carbocycles. The van der Waals surface area contributed by atoms with Gasteiger partial charge in [-0.1, -0.05) is 44.4 Å². The van der Waals surface area contributed by atoms with Gasteiger partial charge < -0.3 is 4.52 Å². The molecule has 1 atom stereocenters. The van der Waals surface area contributed by atoms with Crippen molar-refractivity contribution in [2.24, 2.45) is 0 Å². The summed E-state index contributed by atoms with van der Waals surface area (Å²) in [5.74, 6) is 3.37. The first-order valence-corrected chi connectivity index (χ1v) is 8.36. The fourth-order valence-electron chi connectivity index (χ4n) is 2.38. The molecule has 3 heteroatoms. The van der Waals surface area contributed by atoms with E-state index in [1.165, 1.54) is 23.7 Å². The Morgan fingerprint density at radius 1 is 1.29 bits per heavy atom. The number of fused-ring (bicyclic) bond motifs is 2. The summed E-state index contributed by atoms with van der Waals surface area (Å²) in [5, 5.41) is 4.07. The molecule has 0 N–H and O–H groups in total. The smallest absolute Gasteiger partial charge is 0.170 e. The third-order valence-electron chi connectivity index (χ3n) is 3.22. The molecule has 2 heterocycles. The van der Waals surface area contributed by atoms with Crippen molar-refractivity contribution >= 4 is 13.5 Å². The van der Waals surface area contributed by atoms with Gasteiger partial charge >= 0.3 is 0 Å². The highest BCUT2D eigenvalue weighted by Gasteiger charge is 2.25. The van der Waals surface area contributed by atoms with Crippen molar-refractivity contribution in [2.75, 3.05) is 12.8 Å². The van der Waals surface area contributed by atoms with Crippen LogP contribution in [0.25, 0.3) is 5.57 Å². The van der Waals surface area contributed by atoms with E-state index < -0.39 is 0 Å². The lowest BCUT2D eigenvalue weighted by molar-refractivity contribution is 0.404. The van der Waals surface area contributed by atoms with Crippen LogP contribution in [0.4, 0.5) is 0 Å². The number of hydrogen-bond acceptors (Lipinski definition) is 2. The third-order valence-corrected chi connectivity index (χ3v) is 4.76. The molecule has 0 fully saturated rings. The van der Waals surface area contributed by atoms with Gasteiger partial charge in [-0.15, -0.1) is 0 Å². The zero-order valence-electron chi connectivity index (χ0n) is 11.1. The minimum absolute atomic E-state index is 0.0818. The number of aryl methyl sites for hydroxylation is 1. The lowest BCUT2D eigenvalue weighted by Gasteiger charge is -2.23. The topological polar surface area (TPSA) is 26.0 Å². The Balaban J connectivity index is 0.000000514. The average molecular weight is 249 g/mol. The van der Waals surface area contributed by atoms with Crippen LogP contribution >= 0.6 is 7.92 Å². The number of aromatic nitrogens is 1. The van der Waals surface area contributed by atoms with Gasteiger partial charge in [0.2, 0.25) is 0 Å². The molecule has 0 saturated carbocycles. The summed E-state index contributed by atoms with van der Waals surface area (Å²) in [7, 11) is 0.0818. The van der Waals surface area contributed by atoms with Crippen LogP contribution in [0.3, 0.4) is 0 Å². The normalized spacial score (nSPS) is 21.5. The second kappa shape index (κ2) is 5.18. The minimum atomic E-state index is 0.0818. The van der Waals surface area contributed by atoms with Crippen molar-refractivity contribution in [3.8, 4) is 0 Å². The van der Waals surface area contributed by atoms with Crippen molar-refractivity contribution in [1.29, 1.82) is 0 Å². The van der Waals surface area contributed by atoms with E-state index in [1.54, 1.807) is 5.57 Å². The van der Waals surface area contributed by atoms with E-state index in [0.29, 0.717) is 0 Å². The van der Waals surface area contributed by atoms with Crippen LogP contribution in [-0.2, 0) is 6.42 Å². The van der Waals surface area contributed by atoms with Gasteiger partial charge in [-0.25, -0.2) is 0 Å². The van der Waals surface area contributed by atoms with Gasteiger partial charge in [-0.3, -0.25) is 0 Å². The summed E-state index contributed by atoms with van der Waals surface area (Å²) < 4.78 is 5.44. The maximum Gasteiger partial charge on any atom is 0.170 e. The molecular formula is C14H20NOP. The Hall–Kier alpha value is -0.880. The lowest BCUT2D eigenvalue weighted by Crippen LogP contribution is -2.07. The zero-order chi connectivity index (χ0) is 12.4. The number of hydrogen-bond donors (Lipinski definition) is 0. The second-order valence-electron chi connectivity index (χ2n) is 4.32. The van der Waals surface area contributed by atoms with Crippen LogP contribution < -0.4 is 0 Å². The van der Waals surface area contributed by atoms with Gasteiger partial charge in [-0.05, 0) is 32.6 Å². The highest BCUT2D eigenvalue weighted by molar-refractivity contribution is 7.60. The Labute approximate surface area is 105 Å². The van der Waals surface area contributed by atoms with E-state index in [0.717, 1.165) is 17.9 Å². The standard InChI is InChI=1S/C12H14NOP.C2H6/c1-8-10-4-3-9-7-15(2)6-5-11(9)12(10)14-13-8;1-2/h5-6H,3-4,7H2,1-2H3;1-2H3. The van der Waals surface area contributed by atoms with Crippen molar-refractivity contribution in [3.05, 3.63) is 34.5 Å². The van der Waals surface area contributed by atoms with E-state index >= 15 is 0 Å². The molecule has 1 aromatic rings. The number of allylic oxidation sites excluding steroid dienone is 3. The molecule has 0 amide bonds. The quantitative estimate of drug-likeness (QED) is 0.639. The van der Waals surface area contributed by atoms with E-state index in [-0.39, 0.29) is 7.92 Å². The van der Waals surface area contributed by atoms with E-state index in [4.69, 9.17) is 4.52 Å². The van der Waals surface area contributed by atoms with E-state index in [1.807, 2.05) is 20.8 Å². The van der Waals surface area contributed by atoms with Crippen molar-refractivity contribution < 1.29 is 4.52 Å². The molecule has 2 aliphatic rings. The Bertz CT molecular complexity index is 471. The van der Waals surface area contributed by atoms with E-state index in [9.17, 15) is 0 Å². The first kappa shape index (κ1) is 12.6. The molecule has 0 spiro atoms. The molecule has 1 aromatic heterocycles. The van der Waals surface area contributed by atoms with E-state index in [2.05, 4.69) is 23.7 Å². The van der Waals surface area contributed by atoms with Crippen LogP contribution in [-0.4, -0.2) is 18.0 Å². The maximum absolute atomic E-state index is 5.44. The van der Waals surface area contributed by atoms with Gasteiger partial charge in [0.05, 0.1) is 5.69 Å². The molecule has 3 rings (SSSR count). The number of nitrogens with zero attached hydrogens (tertiary/aromatic N) is 1. The first-order valence-electron chi connectivity index (χ1n) is 6.31. The highest BCUT2D eigenvalue weighted by atomic mass is 31.1. The van der Waals surface area contributed by atoms with Gasteiger partial charge in [0.1, 0.15) is 0 Å². The highest BCUT2D eigenvalue weighted by Crippen LogP contribution is 2.46. The second-order valence-corrected chi connectivity index (χ2v) is 6.45. The molecule has 0 radical (unpaired) electrons. The number of rotatable bonds is 0. The van der Waals surface area contributed by atoms with Crippen LogP contribution in [0, 0.1) is 6.92 Å².